The molecule has 0 atom stereocenters. The molecule has 0 aliphatic carbocycles. The van der Waals surface area contributed by atoms with E-state index in [1.165, 1.54) is 16.7 Å². The van der Waals surface area contributed by atoms with E-state index in [0.717, 1.165) is 23.7 Å². The zero-order chi connectivity index (χ0) is 11.0. The van der Waals surface area contributed by atoms with Crippen molar-refractivity contribution >= 4 is 11.6 Å². The molecule has 0 saturated carbocycles. The van der Waals surface area contributed by atoms with E-state index in [1.807, 2.05) is 18.2 Å². The molecule has 1 aliphatic heterocycles. The van der Waals surface area contributed by atoms with Gasteiger partial charge in [0.15, 0.2) is 0 Å². The lowest BCUT2D eigenvalue weighted by Gasteiger charge is -2.06. The van der Waals surface area contributed by atoms with Crippen LogP contribution in [0.2, 0.25) is 5.02 Å². The van der Waals surface area contributed by atoms with Crippen LogP contribution in [0.25, 0.3) is 11.1 Å². The first-order valence-corrected chi connectivity index (χ1v) is 5.80. The van der Waals surface area contributed by atoms with Crippen molar-refractivity contribution in [2.45, 2.75) is 13.1 Å². The molecule has 0 fully saturated rings. The number of benzene rings is 2. The van der Waals surface area contributed by atoms with Gasteiger partial charge in [0.1, 0.15) is 0 Å². The Balaban J connectivity index is 2.11. The standard InChI is InChI=1S/C14H12ClN/c15-14-4-2-1-3-13(14)10-5-6-11-8-16-9-12(11)7-10/h1-7,16H,8-9H2. The lowest BCUT2D eigenvalue weighted by atomic mass is 10.0. The topological polar surface area (TPSA) is 12.0 Å². The molecule has 3 rings (SSSR count). The van der Waals surface area contributed by atoms with Gasteiger partial charge in [-0.1, -0.05) is 41.9 Å². The maximum Gasteiger partial charge on any atom is 0.0484 e. The van der Waals surface area contributed by atoms with Crippen LogP contribution in [-0.4, -0.2) is 0 Å². The first-order chi connectivity index (χ1) is 7.84. The second-order valence-electron chi connectivity index (χ2n) is 4.07. The molecule has 0 spiro atoms. The second-order valence-corrected chi connectivity index (χ2v) is 4.47. The Kier molecular flexibility index (Phi) is 2.43. The Morgan fingerprint density at radius 3 is 2.62 bits per heavy atom. The molecule has 0 aromatic heterocycles. The fourth-order valence-electron chi connectivity index (χ4n) is 2.16. The van der Waals surface area contributed by atoms with Gasteiger partial charge >= 0.3 is 0 Å². The van der Waals surface area contributed by atoms with Gasteiger partial charge in [-0.3, -0.25) is 0 Å². The van der Waals surface area contributed by atoms with Crippen molar-refractivity contribution in [3.63, 3.8) is 0 Å². The molecule has 16 heavy (non-hydrogen) atoms. The largest absolute Gasteiger partial charge is 0.309 e. The molecular formula is C14H12ClN. The summed E-state index contributed by atoms with van der Waals surface area (Å²) in [6.07, 6.45) is 0. The van der Waals surface area contributed by atoms with Gasteiger partial charge in [0.2, 0.25) is 0 Å². The van der Waals surface area contributed by atoms with Crippen LogP contribution >= 0.6 is 11.6 Å². The number of hydrogen-bond acceptors (Lipinski definition) is 1. The van der Waals surface area contributed by atoms with Crippen LogP contribution in [0.15, 0.2) is 42.5 Å². The van der Waals surface area contributed by atoms with Gasteiger partial charge in [-0.15, -0.1) is 0 Å². The van der Waals surface area contributed by atoms with Gasteiger partial charge in [-0.25, -0.2) is 0 Å². The second kappa shape index (κ2) is 3.93. The Bertz CT molecular complexity index is 534. The van der Waals surface area contributed by atoms with Crippen LogP contribution < -0.4 is 5.32 Å². The maximum absolute atomic E-state index is 6.19. The molecular weight excluding hydrogens is 218 g/mol. The highest BCUT2D eigenvalue weighted by Crippen LogP contribution is 2.30. The van der Waals surface area contributed by atoms with E-state index in [4.69, 9.17) is 11.6 Å². The average Bonchev–Trinajstić information content (AvgIpc) is 2.76. The highest BCUT2D eigenvalue weighted by molar-refractivity contribution is 6.33. The van der Waals surface area contributed by atoms with Crippen molar-refractivity contribution in [3.05, 3.63) is 58.6 Å². The van der Waals surface area contributed by atoms with Gasteiger partial charge < -0.3 is 5.32 Å². The van der Waals surface area contributed by atoms with Gasteiger partial charge in [-0.05, 0) is 28.8 Å². The van der Waals surface area contributed by atoms with Crippen LogP contribution in [0.3, 0.4) is 0 Å². The maximum atomic E-state index is 6.19. The zero-order valence-electron chi connectivity index (χ0n) is 8.83. The first kappa shape index (κ1) is 9.88. The predicted molar refractivity (Wildman–Crippen MR) is 67.4 cm³/mol. The minimum Gasteiger partial charge on any atom is -0.309 e. The number of halogens is 1. The highest BCUT2D eigenvalue weighted by atomic mass is 35.5. The van der Waals surface area contributed by atoms with E-state index in [0.29, 0.717) is 0 Å². The number of nitrogens with one attached hydrogen (secondary N) is 1. The van der Waals surface area contributed by atoms with E-state index in [-0.39, 0.29) is 0 Å². The van der Waals surface area contributed by atoms with Crippen LogP contribution in [0.4, 0.5) is 0 Å². The lowest BCUT2D eigenvalue weighted by molar-refractivity contribution is 0.765. The third-order valence-corrected chi connectivity index (χ3v) is 3.35. The summed E-state index contributed by atoms with van der Waals surface area (Å²) in [5, 5.41) is 4.16. The fourth-order valence-corrected chi connectivity index (χ4v) is 2.40. The Morgan fingerprint density at radius 1 is 0.938 bits per heavy atom. The SMILES string of the molecule is Clc1ccccc1-c1ccc2c(c1)CNC2. The summed E-state index contributed by atoms with van der Waals surface area (Å²) in [5.74, 6) is 0. The van der Waals surface area contributed by atoms with E-state index < -0.39 is 0 Å². The van der Waals surface area contributed by atoms with Crippen molar-refractivity contribution in [2.75, 3.05) is 0 Å². The van der Waals surface area contributed by atoms with E-state index in [9.17, 15) is 0 Å². The molecule has 1 nitrogen and oxygen atoms in total. The summed E-state index contributed by atoms with van der Waals surface area (Å²) in [5.41, 5.74) is 5.10. The summed E-state index contributed by atoms with van der Waals surface area (Å²) in [6.45, 7) is 1.95. The smallest absolute Gasteiger partial charge is 0.0484 e. The molecule has 0 saturated heterocycles. The fraction of sp³-hybridized carbons (Fsp3) is 0.143. The molecule has 0 bridgehead atoms. The van der Waals surface area contributed by atoms with E-state index in [1.54, 1.807) is 0 Å². The summed E-state index contributed by atoms with van der Waals surface area (Å²) < 4.78 is 0. The molecule has 0 amide bonds. The molecule has 0 radical (unpaired) electrons. The van der Waals surface area contributed by atoms with E-state index in [2.05, 4.69) is 29.6 Å². The predicted octanol–water partition coefficient (Wildman–Crippen LogP) is 3.61. The number of rotatable bonds is 1. The Morgan fingerprint density at radius 2 is 1.75 bits per heavy atom. The van der Waals surface area contributed by atoms with Gasteiger partial charge in [0.25, 0.3) is 0 Å². The van der Waals surface area contributed by atoms with Gasteiger partial charge in [0.05, 0.1) is 0 Å². The minimum atomic E-state index is 0.813. The van der Waals surface area contributed by atoms with Crippen molar-refractivity contribution in [3.8, 4) is 11.1 Å². The summed E-state index contributed by atoms with van der Waals surface area (Å²) in [4.78, 5) is 0. The molecule has 2 aromatic rings. The lowest BCUT2D eigenvalue weighted by Crippen LogP contribution is -1.99. The number of fused-ring (bicyclic) bond motifs is 1. The Hall–Kier alpha value is -1.31. The van der Waals surface area contributed by atoms with Gasteiger partial charge in [-0.2, -0.15) is 0 Å². The molecule has 1 aliphatic rings. The quantitative estimate of drug-likeness (QED) is 0.788. The minimum absolute atomic E-state index is 0.813. The summed E-state index contributed by atoms with van der Waals surface area (Å²) >= 11 is 6.19. The molecule has 80 valence electrons. The average molecular weight is 230 g/mol. The zero-order valence-corrected chi connectivity index (χ0v) is 9.59. The van der Waals surface area contributed by atoms with Crippen LogP contribution in [0.5, 0.6) is 0 Å². The normalized spacial score (nSPS) is 13.8. The third-order valence-electron chi connectivity index (χ3n) is 3.02. The van der Waals surface area contributed by atoms with E-state index >= 15 is 0 Å². The van der Waals surface area contributed by atoms with Crippen molar-refractivity contribution in [2.24, 2.45) is 0 Å². The summed E-state index contributed by atoms with van der Waals surface area (Å²) in [7, 11) is 0. The van der Waals surface area contributed by atoms with Crippen molar-refractivity contribution in [1.29, 1.82) is 0 Å². The van der Waals surface area contributed by atoms with Gasteiger partial charge in [0, 0.05) is 23.7 Å². The third kappa shape index (κ3) is 1.62. The van der Waals surface area contributed by atoms with Crippen LogP contribution in [0.1, 0.15) is 11.1 Å². The molecule has 0 unspecified atom stereocenters. The molecule has 1 N–H and O–H groups in total. The Labute approximate surface area is 100 Å². The van der Waals surface area contributed by atoms with Crippen molar-refractivity contribution < 1.29 is 0 Å². The molecule has 1 heterocycles. The van der Waals surface area contributed by atoms with Crippen LogP contribution in [0, 0.1) is 0 Å². The first-order valence-electron chi connectivity index (χ1n) is 5.42. The summed E-state index contributed by atoms with van der Waals surface area (Å²) in [6, 6.07) is 14.5. The van der Waals surface area contributed by atoms with Crippen molar-refractivity contribution in [1.82, 2.24) is 5.32 Å². The highest BCUT2D eigenvalue weighted by Gasteiger charge is 2.11. The number of hydrogen-bond donors (Lipinski definition) is 1. The molecule has 2 aromatic carbocycles. The molecule has 2 heteroatoms. The monoisotopic (exact) mass is 229 g/mol. The van der Waals surface area contributed by atoms with Crippen LogP contribution in [-0.2, 0) is 13.1 Å².